The SMILES string of the molecule is Cc1cc(C)c(NC(=O)c2ccnc(C(=O)Nc3ccccc3)c2)c(C)c1. The maximum Gasteiger partial charge on any atom is 0.274 e. The van der Waals surface area contributed by atoms with Gasteiger partial charge in [-0.2, -0.15) is 0 Å². The molecule has 2 aromatic carbocycles. The van der Waals surface area contributed by atoms with Crippen LogP contribution in [0.1, 0.15) is 37.5 Å². The molecule has 2 N–H and O–H groups in total. The summed E-state index contributed by atoms with van der Waals surface area (Å²) in [5.74, 6) is -0.639. The number of para-hydroxylation sites is 1. The van der Waals surface area contributed by atoms with Gasteiger partial charge in [-0.25, -0.2) is 0 Å². The predicted octanol–water partition coefficient (Wildman–Crippen LogP) is 4.51. The number of benzene rings is 2. The van der Waals surface area contributed by atoms with Crippen LogP contribution in [-0.4, -0.2) is 16.8 Å². The van der Waals surface area contributed by atoms with E-state index in [9.17, 15) is 9.59 Å². The van der Waals surface area contributed by atoms with Crippen LogP contribution in [0, 0.1) is 20.8 Å². The van der Waals surface area contributed by atoms with Gasteiger partial charge in [-0.05, 0) is 56.2 Å². The minimum atomic E-state index is -0.362. The van der Waals surface area contributed by atoms with Crippen LogP contribution in [0.3, 0.4) is 0 Å². The number of hydrogen-bond donors (Lipinski definition) is 2. The lowest BCUT2D eigenvalue weighted by atomic mass is 10.0. The average Bonchev–Trinajstić information content (AvgIpc) is 2.65. The summed E-state index contributed by atoms with van der Waals surface area (Å²) in [6.45, 7) is 5.94. The Morgan fingerprint density at radius 3 is 2.15 bits per heavy atom. The normalized spacial score (nSPS) is 10.3. The van der Waals surface area contributed by atoms with Gasteiger partial charge in [0.05, 0.1) is 0 Å². The highest BCUT2D eigenvalue weighted by atomic mass is 16.2. The molecule has 0 saturated heterocycles. The van der Waals surface area contributed by atoms with Gasteiger partial charge in [0, 0.05) is 23.1 Å². The second-order valence-electron chi connectivity index (χ2n) is 6.48. The zero-order chi connectivity index (χ0) is 19.4. The third-order valence-corrected chi connectivity index (χ3v) is 4.20. The maximum absolute atomic E-state index is 12.7. The fourth-order valence-corrected chi connectivity index (χ4v) is 2.98. The predicted molar refractivity (Wildman–Crippen MR) is 107 cm³/mol. The molecular formula is C22H21N3O2. The minimum absolute atomic E-state index is 0.184. The van der Waals surface area contributed by atoms with Gasteiger partial charge >= 0.3 is 0 Å². The third kappa shape index (κ3) is 4.39. The summed E-state index contributed by atoms with van der Waals surface area (Å²) in [7, 11) is 0. The topological polar surface area (TPSA) is 71.1 Å². The summed E-state index contributed by atoms with van der Waals surface area (Å²) >= 11 is 0. The van der Waals surface area contributed by atoms with Crippen molar-refractivity contribution in [3.05, 3.63) is 88.7 Å². The van der Waals surface area contributed by atoms with E-state index < -0.39 is 0 Å². The van der Waals surface area contributed by atoms with Crippen LogP contribution >= 0.6 is 0 Å². The number of carbonyl (C=O) groups is 2. The number of aromatic nitrogens is 1. The summed E-state index contributed by atoms with van der Waals surface area (Å²) in [5, 5.41) is 5.70. The fourth-order valence-electron chi connectivity index (χ4n) is 2.98. The molecule has 136 valence electrons. The fraction of sp³-hybridized carbons (Fsp3) is 0.136. The van der Waals surface area contributed by atoms with Gasteiger partial charge in [0.2, 0.25) is 0 Å². The first-order valence-corrected chi connectivity index (χ1v) is 8.65. The van der Waals surface area contributed by atoms with Crippen molar-refractivity contribution in [2.24, 2.45) is 0 Å². The number of hydrogen-bond acceptors (Lipinski definition) is 3. The van der Waals surface area contributed by atoms with Crippen molar-refractivity contribution < 1.29 is 9.59 Å². The zero-order valence-electron chi connectivity index (χ0n) is 15.5. The molecule has 0 aliphatic heterocycles. The number of nitrogens with one attached hydrogen (secondary N) is 2. The quantitative estimate of drug-likeness (QED) is 0.720. The molecule has 0 atom stereocenters. The molecule has 27 heavy (non-hydrogen) atoms. The highest BCUT2D eigenvalue weighted by Gasteiger charge is 2.14. The van der Waals surface area contributed by atoms with Gasteiger partial charge in [-0.1, -0.05) is 35.9 Å². The molecule has 1 heterocycles. The molecule has 5 nitrogen and oxygen atoms in total. The largest absolute Gasteiger partial charge is 0.322 e. The van der Waals surface area contributed by atoms with Crippen LogP contribution in [0.4, 0.5) is 11.4 Å². The van der Waals surface area contributed by atoms with Crippen LogP contribution in [0.25, 0.3) is 0 Å². The Morgan fingerprint density at radius 1 is 0.815 bits per heavy atom. The summed E-state index contributed by atoms with van der Waals surface area (Å²) in [6, 6.07) is 16.2. The summed E-state index contributed by atoms with van der Waals surface area (Å²) in [6.07, 6.45) is 1.46. The van der Waals surface area contributed by atoms with Gasteiger partial charge in [0.15, 0.2) is 0 Å². The highest BCUT2D eigenvalue weighted by Crippen LogP contribution is 2.22. The molecule has 0 fully saturated rings. The monoisotopic (exact) mass is 359 g/mol. The van der Waals surface area contributed by atoms with Crippen molar-refractivity contribution in [3.63, 3.8) is 0 Å². The molecule has 2 amide bonds. The Balaban J connectivity index is 1.79. The molecule has 0 aliphatic rings. The maximum atomic E-state index is 12.7. The van der Waals surface area contributed by atoms with E-state index in [-0.39, 0.29) is 17.5 Å². The standard InChI is InChI=1S/C22H21N3O2/c1-14-11-15(2)20(16(3)12-14)25-21(26)17-9-10-23-19(13-17)22(27)24-18-7-5-4-6-8-18/h4-13H,1-3H3,(H,24,27)(H,25,26). The Bertz CT molecular complexity index is 974. The number of aryl methyl sites for hydroxylation is 3. The number of rotatable bonds is 4. The number of anilines is 2. The number of nitrogens with zero attached hydrogens (tertiary/aromatic N) is 1. The summed E-state index contributed by atoms with van der Waals surface area (Å²) < 4.78 is 0. The third-order valence-electron chi connectivity index (χ3n) is 4.20. The van der Waals surface area contributed by atoms with Crippen LogP contribution in [0.5, 0.6) is 0 Å². The summed E-state index contributed by atoms with van der Waals surface area (Å²) in [4.78, 5) is 29.1. The van der Waals surface area contributed by atoms with Crippen LogP contribution in [0.15, 0.2) is 60.8 Å². The minimum Gasteiger partial charge on any atom is -0.322 e. The Morgan fingerprint density at radius 2 is 1.48 bits per heavy atom. The molecule has 0 spiro atoms. The van der Waals surface area contributed by atoms with Gasteiger partial charge in [0.1, 0.15) is 5.69 Å². The van der Waals surface area contributed by atoms with Gasteiger partial charge in [-0.3, -0.25) is 14.6 Å². The smallest absolute Gasteiger partial charge is 0.274 e. The lowest BCUT2D eigenvalue weighted by Crippen LogP contribution is -2.17. The van der Waals surface area contributed by atoms with Crippen molar-refractivity contribution >= 4 is 23.2 Å². The number of pyridine rings is 1. The lowest BCUT2D eigenvalue weighted by molar-refractivity contribution is 0.102. The molecule has 5 heteroatoms. The van der Waals surface area contributed by atoms with Crippen LogP contribution in [0.2, 0.25) is 0 Å². The second kappa shape index (κ2) is 7.83. The molecule has 1 aromatic heterocycles. The first-order chi connectivity index (χ1) is 12.9. The van der Waals surface area contributed by atoms with Crippen molar-refractivity contribution in [3.8, 4) is 0 Å². The highest BCUT2D eigenvalue weighted by molar-refractivity contribution is 6.08. The Hall–Kier alpha value is -3.47. The van der Waals surface area contributed by atoms with E-state index in [1.54, 1.807) is 18.2 Å². The van der Waals surface area contributed by atoms with Gasteiger partial charge < -0.3 is 10.6 Å². The van der Waals surface area contributed by atoms with Crippen molar-refractivity contribution in [2.75, 3.05) is 10.6 Å². The van der Waals surface area contributed by atoms with E-state index >= 15 is 0 Å². The van der Waals surface area contributed by atoms with E-state index in [2.05, 4.69) is 15.6 Å². The van der Waals surface area contributed by atoms with Crippen LogP contribution < -0.4 is 10.6 Å². The average molecular weight is 359 g/mol. The molecule has 0 radical (unpaired) electrons. The zero-order valence-corrected chi connectivity index (χ0v) is 15.5. The molecule has 3 rings (SSSR count). The molecule has 0 aliphatic carbocycles. The second-order valence-corrected chi connectivity index (χ2v) is 6.48. The molecular weight excluding hydrogens is 338 g/mol. The number of carbonyl (C=O) groups excluding carboxylic acids is 2. The Labute approximate surface area is 158 Å². The molecule has 3 aromatic rings. The summed E-state index contributed by atoms with van der Waals surface area (Å²) in [5.41, 5.74) is 5.16. The van der Waals surface area contributed by atoms with Crippen molar-refractivity contribution in [2.45, 2.75) is 20.8 Å². The van der Waals surface area contributed by atoms with E-state index in [1.807, 2.05) is 51.1 Å². The number of amides is 2. The van der Waals surface area contributed by atoms with E-state index in [1.165, 1.54) is 12.3 Å². The molecule has 0 unspecified atom stereocenters. The van der Waals surface area contributed by atoms with E-state index in [0.29, 0.717) is 11.3 Å². The molecule has 0 saturated carbocycles. The Kier molecular flexibility index (Phi) is 5.31. The first kappa shape index (κ1) is 18.3. The van der Waals surface area contributed by atoms with Crippen LogP contribution in [-0.2, 0) is 0 Å². The lowest BCUT2D eigenvalue weighted by Gasteiger charge is -2.13. The van der Waals surface area contributed by atoms with Gasteiger partial charge in [-0.15, -0.1) is 0 Å². The molecule has 0 bridgehead atoms. The van der Waals surface area contributed by atoms with Crippen molar-refractivity contribution in [1.29, 1.82) is 0 Å². The first-order valence-electron chi connectivity index (χ1n) is 8.65. The van der Waals surface area contributed by atoms with E-state index in [0.717, 1.165) is 22.4 Å². The van der Waals surface area contributed by atoms with Gasteiger partial charge in [0.25, 0.3) is 11.8 Å². The van der Waals surface area contributed by atoms with Crippen molar-refractivity contribution in [1.82, 2.24) is 4.98 Å². The van der Waals surface area contributed by atoms with E-state index in [4.69, 9.17) is 0 Å².